The van der Waals surface area contributed by atoms with Gasteiger partial charge in [0.15, 0.2) is 0 Å². The highest BCUT2D eigenvalue weighted by Crippen LogP contribution is 2.34. The molecule has 1 aliphatic carbocycles. The van der Waals surface area contributed by atoms with Crippen molar-refractivity contribution in [2.24, 2.45) is 0 Å². The Morgan fingerprint density at radius 1 is 1.44 bits per heavy atom. The van der Waals surface area contributed by atoms with Crippen molar-refractivity contribution >= 4 is 5.91 Å². The number of nitrogens with one attached hydrogen (secondary N) is 2. The predicted octanol–water partition coefficient (Wildman–Crippen LogP) is -0.516. The molecule has 1 amide bonds. The van der Waals surface area contributed by atoms with E-state index < -0.39 is 0 Å². The first-order valence-corrected chi connectivity index (χ1v) is 3.16. The molecule has 0 spiro atoms. The molecule has 0 aromatic heterocycles. The van der Waals surface area contributed by atoms with Gasteiger partial charge in [0.25, 0.3) is 0 Å². The molecular formula is C6H12N2O. The molecule has 1 saturated carbocycles. The first-order chi connectivity index (χ1) is 4.25. The van der Waals surface area contributed by atoms with Crippen molar-refractivity contribution in [1.29, 1.82) is 0 Å². The highest BCUT2D eigenvalue weighted by atomic mass is 16.2. The minimum absolute atomic E-state index is 0.116. The lowest BCUT2D eigenvalue weighted by Gasteiger charge is -2.10. The zero-order valence-electron chi connectivity index (χ0n) is 5.82. The van der Waals surface area contributed by atoms with Gasteiger partial charge in [0.05, 0.1) is 5.54 Å². The Morgan fingerprint density at radius 2 is 2.00 bits per heavy atom. The molecule has 0 radical (unpaired) electrons. The second kappa shape index (κ2) is 1.99. The SMILES string of the molecule is CNC(=O)C1(NC)CC1. The summed E-state index contributed by atoms with van der Waals surface area (Å²) in [5.74, 6) is 0.116. The highest BCUT2D eigenvalue weighted by molar-refractivity contribution is 5.88. The van der Waals surface area contributed by atoms with Crippen LogP contribution in [0.2, 0.25) is 0 Å². The number of carbonyl (C=O) groups excluding carboxylic acids is 1. The van der Waals surface area contributed by atoms with Crippen LogP contribution in [0.3, 0.4) is 0 Å². The molecule has 0 aromatic carbocycles. The van der Waals surface area contributed by atoms with E-state index in [0.29, 0.717) is 0 Å². The molecule has 9 heavy (non-hydrogen) atoms. The van der Waals surface area contributed by atoms with Crippen molar-refractivity contribution in [3.8, 4) is 0 Å². The van der Waals surface area contributed by atoms with E-state index in [2.05, 4.69) is 10.6 Å². The van der Waals surface area contributed by atoms with Gasteiger partial charge in [-0.05, 0) is 19.9 Å². The number of likely N-dealkylation sites (N-methyl/N-ethyl adjacent to an activating group) is 2. The molecule has 0 aliphatic heterocycles. The lowest BCUT2D eigenvalue weighted by Crippen LogP contribution is -2.43. The lowest BCUT2D eigenvalue weighted by atomic mass is 10.2. The lowest BCUT2D eigenvalue weighted by molar-refractivity contribution is -0.123. The van der Waals surface area contributed by atoms with Gasteiger partial charge < -0.3 is 10.6 Å². The molecule has 0 heterocycles. The molecule has 0 unspecified atom stereocenters. The summed E-state index contributed by atoms with van der Waals surface area (Å²) in [4.78, 5) is 11.0. The number of amides is 1. The monoisotopic (exact) mass is 128 g/mol. The molecule has 0 bridgehead atoms. The summed E-state index contributed by atoms with van der Waals surface area (Å²) in [7, 11) is 3.49. The largest absolute Gasteiger partial charge is 0.358 e. The Kier molecular flexibility index (Phi) is 1.45. The molecular weight excluding hydrogens is 116 g/mol. The van der Waals surface area contributed by atoms with Gasteiger partial charge in [-0.2, -0.15) is 0 Å². The van der Waals surface area contributed by atoms with Crippen molar-refractivity contribution in [3.05, 3.63) is 0 Å². The zero-order valence-corrected chi connectivity index (χ0v) is 5.82. The van der Waals surface area contributed by atoms with Crippen LogP contribution in [-0.4, -0.2) is 25.5 Å². The fourth-order valence-corrected chi connectivity index (χ4v) is 0.955. The number of hydrogen-bond acceptors (Lipinski definition) is 2. The molecule has 2 N–H and O–H groups in total. The molecule has 3 heteroatoms. The van der Waals surface area contributed by atoms with Gasteiger partial charge in [-0.15, -0.1) is 0 Å². The highest BCUT2D eigenvalue weighted by Gasteiger charge is 2.47. The van der Waals surface area contributed by atoms with E-state index in [1.165, 1.54) is 0 Å². The maximum absolute atomic E-state index is 11.0. The summed E-state index contributed by atoms with van der Waals surface area (Å²) in [5.41, 5.74) is -0.200. The molecule has 1 rings (SSSR count). The smallest absolute Gasteiger partial charge is 0.240 e. The first kappa shape index (κ1) is 6.55. The van der Waals surface area contributed by atoms with E-state index in [9.17, 15) is 4.79 Å². The van der Waals surface area contributed by atoms with Crippen LogP contribution in [0.1, 0.15) is 12.8 Å². The Labute approximate surface area is 54.8 Å². The third-order valence-electron chi connectivity index (χ3n) is 1.89. The second-order valence-electron chi connectivity index (χ2n) is 2.41. The number of carbonyl (C=O) groups is 1. The standard InChI is InChI=1S/C6H12N2O/c1-7-5(9)6(8-2)3-4-6/h8H,3-4H2,1-2H3,(H,7,9). The van der Waals surface area contributed by atoms with Gasteiger partial charge >= 0.3 is 0 Å². The van der Waals surface area contributed by atoms with E-state index in [1.54, 1.807) is 7.05 Å². The van der Waals surface area contributed by atoms with Crippen LogP contribution >= 0.6 is 0 Å². The molecule has 1 aliphatic rings. The molecule has 52 valence electrons. The van der Waals surface area contributed by atoms with Crippen LogP contribution in [0.4, 0.5) is 0 Å². The Hall–Kier alpha value is -0.570. The van der Waals surface area contributed by atoms with Crippen molar-refractivity contribution in [2.75, 3.05) is 14.1 Å². The number of hydrogen-bond donors (Lipinski definition) is 2. The van der Waals surface area contributed by atoms with E-state index in [0.717, 1.165) is 12.8 Å². The summed E-state index contributed by atoms with van der Waals surface area (Å²) in [6.07, 6.45) is 1.95. The molecule has 1 fully saturated rings. The summed E-state index contributed by atoms with van der Waals surface area (Å²) in [6.45, 7) is 0. The maximum Gasteiger partial charge on any atom is 0.240 e. The Bertz CT molecular complexity index is 129. The third kappa shape index (κ3) is 0.920. The van der Waals surface area contributed by atoms with Crippen molar-refractivity contribution in [3.63, 3.8) is 0 Å². The van der Waals surface area contributed by atoms with E-state index in [-0.39, 0.29) is 11.4 Å². The van der Waals surface area contributed by atoms with E-state index in [4.69, 9.17) is 0 Å². The van der Waals surface area contributed by atoms with Gasteiger partial charge in [0.2, 0.25) is 5.91 Å². The van der Waals surface area contributed by atoms with Crippen LogP contribution in [-0.2, 0) is 4.79 Å². The minimum atomic E-state index is -0.200. The van der Waals surface area contributed by atoms with Crippen LogP contribution in [0.5, 0.6) is 0 Å². The van der Waals surface area contributed by atoms with Crippen LogP contribution in [0.15, 0.2) is 0 Å². The molecule has 0 atom stereocenters. The van der Waals surface area contributed by atoms with Gasteiger partial charge in [-0.3, -0.25) is 4.79 Å². The Balaban J connectivity index is 2.49. The van der Waals surface area contributed by atoms with E-state index in [1.807, 2.05) is 7.05 Å². The fourth-order valence-electron chi connectivity index (χ4n) is 0.955. The van der Waals surface area contributed by atoms with Gasteiger partial charge in [0.1, 0.15) is 0 Å². The van der Waals surface area contributed by atoms with Crippen LogP contribution in [0, 0.1) is 0 Å². The molecule has 0 saturated heterocycles. The van der Waals surface area contributed by atoms with Gasteiger partial charge in [0, 0.05) is 7.05 Å². The van der Waals surface area contributed by atoms with Crippen LogP contribution < -0.4 is 10.6 Å². The average molecular weight is 128 g/mol. The summed E-state index contributed by atoms with van der Waals surface area (Å²) >= 11 is 0. The summed E-state index contributed by atoms with van der Waals surface area (Å²) < 4.78 is 0. The van der Waals surface area contributed by atoms with Crippen molar-refractivity contribution in [1.82, 2.24) is 10.6 Å². The van der Waals surface area contributed by atoms with Gasteiger partial charge in [-0.25, -0.2) is 0 Å². The predicted molar refractivity (Wildman–Crippen MR) is 35.1 cm³/mol. The molecule has 3 nitrogen and oxygen atoms in total. The summed E-state index contributed by atoms with van der Waals surface area (Å²) in [5, 5.41) is 5.61. The molecule has 0 aromatic rings. The third-order valence-corrected chi connectivity index (χ3v) is 1.89. The zero-order chi connectivity index (χ0) is 6.91. The second-order valence-corrected chi connectivity index (χ2v) is 2.41. The summed E-state index contributed by atoms with van der Waals surface area (Å²) in [6, 6.07) is 0. The minimum Gasteiger partial charge on any atom is -0.358 e. The van der Waals surface area contributed by atoms with Crippen molar-refractivity contribution < 1.29 is 4.79 Å². The number of rotatable bonds is 2. The van der Waals surface area contributed by atoms with Crippen molar-refractivity contribution in [2.45, 2.75) is 18.4 Å². The maximum atomic E-state index is 11.0. The quantitative estimate of drug-likeness (QED) is 0.525. The Morgan fingerprint density at radius 3 is 2.11 bits per heavy atom. The average Bonchev–Trinajstić information content (AvgIpc) is 2.66. The van der Waals surface area contributed by atoms with E-state index >= 15 is 0 Å². The van der Waals surface area contributed by atoms with Crippen LogP contribution in [0.25, 0.3) is 0 Å². The normalized spacial score (nSPS) is 21.1. The fraction of sp³-hybridized carbons (Fsp3) is 0.833. The first-order valence-electron chi connectivity index (χ1n) is 3.16. The topological polar surface area (TPSA) is 41.1 Å². The van der Waals surface area contributed by atoms with Gasteiger partial charge in [-0.1, -0.05) is 0 Å².